The second kappa shape index (κ2) is 8.41. The zero-order valence-electron chi connectivity index (χ0n) is 16.1. The predicted molar refractivity (Wildman–Crippen MR) is 106 cm³/mol. The van der Waals surface area contributed by atoms with Crippen LogP contribution in [0.25, 0.3) is 0 Å². The largest absolute Gasteiger partial charge is 0.345 e. The SMILES string of the molecule is CCN(CC)S(=O)(=O)c1ccc(F)c(C(=O)N[C@@H]2CCCc3ccccc32)c1. The molecule has 1 aliphatic rings. The highest BCUT2D eigenvalue weighted by Crippen LogP contribution is 2.30. The van der Waals surface area contributed by atoms with Gasteiger partial charge in [-0.2, -0.15) is 4.31 Å². The number of fused-ring (bicyclic) bond motifs is 1. The molecule has 1 atom stereocenters. The van der Waals surface area contributed by atoms with Gasteiger partial charge in [-0.05, 0) is 48.6 Å². The van der Waals surface area contributed by atoms with Gasteiger partial charge < -0.3 is 5.32 Å². The summed E-state index contributed by atoms with van der Waals surface area (Å²) in [6.45, 7) is 4.07. The maximum atomic E-state index is 14.4. The fourth-order valence-electron chi connectivity index (χ4n) is 3.69. The molecule has 0 aliphatic heterocycles. The fraction of sp³-hybridized carbons (Fsp3) is 0.381. The summed E-state index contributed by atoms with van der Waals surface area (Å²) in [4.78, 5) is 12.7. The lowest BCUT2D eigenvalue weighted by Crippen LogP contribution is -2.33. The van der Waals surface area contributed by atoms with Gasteiger partial charge in [-0.15, -0.1) is 0 Å². The number of sulfonamides is 1. The molecule has 0 aromatic heterocycles. The molecule has 0 heterocycles. The number of hydrogen-bond donors (Lipinski definition) is 1. The molecule has 1 N–H and O–H groups in total. The third-order valence-corrected chi connectivity index (χ3v) is 7.25. The topological polar surface area (TPSA) is 66.5 Å². The summed E-state index contributed by atoms with van der Waals surface area (Å²) < 4.78 is 41.0. The van der Waals surface area contributed by atoms with E-state index in [0.29, 0.717) is 13.1 Å². The van der Waals surface area contributed by atoms with E-state index in [1.165, 1.54) is 15.9 Å². The summed E-state index contributed by atoms with van der Waals surface area (Å²) in [5, 5.41) is 2.88. The van der Waals surface area contributed by atoms with E-state index in [4.69, 9.17) is 0 Å². The maximum absolute atomic E-state index is 14.4. The minimum absolute atomic E-state index is 0.0770. The highest BCUT2D eigenvalue weighted by atomic mass is 32.2. The number of benzene rings is 2. The highest BCUT2D eigenvalue weighted by Gasteiger charge is 2.26. The van der Waals surface area contributed by atoms with Crippen LogP contribution in [0.1, 0.15) is 54.2 Å². The summed E-state index contributed by atoms with van der Waals surface area (Å²) in [5.41, 5.74) is 1.96. The monoisotopic (exact) mass is 404 g/mol. The van der Waals surface area contributed by atoms with E-state index in [9.17, 15) is 17.6 Å². The van der Waals surface area contributed by atoms with Gasteiger partial charge >= 0.3 is 0 Å². The van der Waals surface area contributed by atoms with Crippen LogP contribution in [0.2, 0.25) is 0 Å². The first-order valence-electron chi connectivity index (χ1n) is 9.56. The molecule has 5 nitrogen and oxygen atoms in total. The van der Waals surface area contributed by atoms with E-state index in [1.807, 2.05) is 24.3 Å². The molecule has 0 unspecified atom stereocenters. The van der Waals surface area contributed by atoms with Crippen LogP contribution in [0.15, 0.2) is 47.4 Å². The number of carbonyl (C=O) groups is 1. The third-order valence-electron chi connectivity index (χ3n) is 5.20. The lowest BCUT2D eigenvalue weighted by Gasteiger charge is -2.26. The zero-order chi connectivity index (χ0) is 20.3. The van der Waals surface area contributed by atoms with Crippen molar-refractivity contribution in [2.24, 2.45) is 0 Å². The molecule has 7 heteroatoms. The first-order valence-corrected chi connectivity index (χ1v) is 11.0. The van der Waals surface area contributed by atoms with Crippen molar-refractivity contribution < 1.29 is 17.6 Å². The summed E-state index contributed by atoms with van der Waals surface area (Å²) in [7, 11) is -3.77. The standard InChI is InChI=1S/C21H25FN2O3S/c1-3-24(4-2)28(26,27)16-12-13-19(22)18(14-16)21(25)23-20-11-7-9-15-8-5-6-10-17(15)20/h5-6,8,10,12-14,20H,3-4,7,9,11H2,1-2H3,(H,23,25)/t20-/m1/s1. The number of hydrogen-bond acceptors (Lipinski definition) is 3. The van der Waals surface area contributed by atoms with Crippen LogP contribution in [-0.2, 0) is 16.4 Å². The Kier molecular flexibility index (Phi) is 6.15. The number of nitrogens with zero attached hydrogens (tertiary/aromatic N) is 1. The van der Waals surface area contributed by atoms with Crippen molar-refractivity contribution >= 4 is 15.9 Å². The van der Waals surface area contributed by atoms with Crippen molar-refractivity contribution in [3.63, 3.8) is 0 Å². The lowest BCUT2D eigenvalue weighted by molar-refractivity contribution is 0.0928. The second-order valence-electron chi connectivity index (χ2n) is 6.85. The van der Waals surface area contributed by atoms with Crippen molar-refractivity contribution in [3.8, 4) is 0 Å². The molecule has 0 fully saturated rings. The van der Waals surface area contributed by atoms with E-state index in [1.54, 1.807) is 13.8 Å². The van der Waals surface area contributed by atoms with Crippen LogP contribution in [0, 0.1) is 5.82 Å². The Morgan fingerprint density at radius 1 is 1.18 bits per heavy atom. The number of rotatable bonds is 6. The van der Waals surface area contributed by atoms with Crippen LogP contribution >= 0.6 is 0 Å². The quantitative estimate of drug-likeness (QED) is 0.799. The minimum atomic E-state index is -3.77. The zero-order valence-corrected chi connectivity index (χ0v) is 16.9. The Morgan fingerprint density at radius 2 is 1.89 bits per heavy atom. The van der Waals surface area contributed by atoms with Gasteiger partial charge in [0.2, 0.25) is 10.0 Å². The fourth-order valence-corrected chi connectivity index (χ4v) is 5.18. The molecular weight excluding hydrogens is 379 g/mol. The molecule has 0 saturated heterocycles. The molecule has 0 spiro atoms. The highest BCUT2D eigenvalue weighted by molar-refractivity contribution is 7.89. The Morgan fingerprint density at radius 3 is 2.61 bits per heavy atom. The van der Waals surface area contributed by atoms with Gasteiger partial charge in [0.1, 0.15) is 5.82 Å². The molecule has 0 saturated carbocycles. The van der Waals surface area contributed by atoms with Crippen LogP contribution in [0.5, 0.6) is 0 Å². The molecule has 3 rings (SSSR count). The van der Waals surface area contributed by atoms with Crippen LogP contribution in [0.3, 0.4) is 0 Å². The number of nitrogens with one attached hydrogen (secondary N) is 1. The van der Waals surface area contributed by atoms with E-state index in [2.05, 4.69) is 5.32 Å². The molecule has 28 heavy (non-hydrogen) atoms. The van der Waals surface area contributed by atoms with Gasteiger partial charge in [-0.3, -0.25) is 4.79 Å². The molecule has 0 bridgehead atoms. The van der Waals surface area contributed by atoms with Gasteiger partial charge in [-0.25, -0.2) is 12.8 Å². The van der Waals surface area contributed by atoms with Gasteiger partial charge in [0.05, 0.1) is 16.5 Å². The molecule has 2 aromatic rings. The molecule has 2 aromatic carbocycles. The van der Waals surface area contributed by atoms with E-state index < -0.39 is 21.7 Å². The minimum Gasteiger partial charge on any atom is -0.345 e. The average Bonchev–Trinajstić information content (AvgIpc) is 2.69. The van der Waals surface area contributed by atoms with Crippen molar-refractivity contribution in [2.45, 2.75) is 44.0 Å². The second-order valence-corrected chi connectivity index (χ2v) is 8.79. The smallest absolute Gasteiger partial charge is 0.254 e. The Bertz CT molecular complexity index is 971. The molecule has 1 amide bonds. The summed E-state index contributed by atoms with van der Waals surface area (Å²) >= 11 is 0. The van der Waals surface area contributed by atoms with Crippen molar-refractivity contribution in [1.82, 2.24) is 9.62 Å². The third kappa shape index (κ3) is 3.95. The molecular formula is C21H25FN2O3S. The van der Waals surface area contributed by atoms with Crippen LogP contribution in [-0.4, -0.2) is 31.7 Å². The van der Waals surface area contributed by atoms with Gasteiger partial charge in [0, 0.05) is 13.1 Å². The number of halogens is 1. The lowest BCUT2D eigenvalue weighted by atomic mass is 9.87. The van der Waals surface area contributed by atoms with Gasteiger partial charge in [-0.1, -0.05) is 38.1 Å². The summed E-state index contributed by atoms with van der Waals surface area (Å²) in [5.74, 6) is -1.34. The van der Waals surface area contributed by atoms with Gasteiger partial charge in [0.25, 0.3) is 5.91 Å². The van der Waals surface area contributed by atoms with Crippen molar-refractivity contribution in [2.75, 3.05) is 13.1 Å². The summed E-state index contributed by atoms with van der Waals surface area (Å²) in [6, 6.07) is 11.1. The Hall–Kier alpha value is -2.25. The summed E-state index contributed by atoms with van der Waals surface area (Å²) in [6.07, 6.45) is 2.65. The average molecular weight is 405 g/mol. The first-order chi connectivity index (χ1) is 13.4. The van der Waals surface area contributed by atoms with Gasteiger partial charge in [0.15, 0.2) is 0 Å². The van der Waals surface area contributed by atoms with Crippen LogP contribution < -0.4 is 5.32 Å². The first kappa shape index (κ1) is 20.5. The maximum Gasteiger partial charge on any atom is 0.254 e. The van der Waals surface area contributed by atoms with E-state index in [-0.39, 0.29) is 16.5 Å². The number of carbonyl (C=O) groups excluding carboxylic acids is 1. The molecule has 0 radical (unpaired) electrons. The van der Waals surface area contributed by atoms with E-state index >= 15 is 0 Å². The van der Waals surface area contributed by atoms with Crippen molar-refractivity contribution in [1.29, 1.82) is 0 Å². The number of amides is 1. The predicted octanol–water partition coefficient (Wildman–Crippen LogP) is 3.66. The molecule has 1 aliphatic carbocycles. The van der Waals surface area contributed by atoms with Crippen LogP contribution in [0.4, 0.5) is 4.39 Å². The normalized spacial score (nSPS) is 16.6. The number of aryl methyl sites for hydroxylation is 1. The van der Waals surface area contributed by atoms with E-state index in [0.717, 1.165) is 37.0 Å². The Balaban J connectivity index is 1.89. The Labute approximate surface area is 165 Å². The van der Waals surface area contributed by atoms with Crippen molar-refractivity contribution in [3.05, 3.63) is 65.0 Å². The molecule has 150 valence electrons.